The molecular formula is C13H23N5S. The highest BCUT2D eigenvalue weighted by molar-refractivity contribution is 7.80. The van der Waals surface area contributed by atoms with Gasteiger partial charge in [0, 0.05) is 20.1 Å². The van der Waals surface area contributed by atoms with E-state index >= 15 is 0 Å². The van der Waals surface area contributed by atoms with Crippen LogP contribution in [0.5, 0.6) is 0 Å². The molecule has 0 spiro atoms. The van der Waals surface area contributed by atoms with E-state index in [9.17, 15) is 0 Å². The summed E-state index contributed by atoms with van der Waals surface area (Å²) < 4.78 is 1.83. The monoisotopic (exact) mass is 281 g/mol. The maximum atomic E-state index is 5.79. The number of nitrogens with zero attached hydrogens (tertiary/aromatic N) is 3. The summed E-state index contributed by atoms with van der Waals surface area (Å²) in [4.78, 5) is 2.89. The van der Waals surface area contributed by atoms with Crippen molar-refractivity contribution >= 4 is 23.0 Å². The largest absolute Gasteiger partial charge is 0.389 e. The maximum absolute atomic E-state index is 5.79. The van der Waals surface area contributed by atoms with E-state index in [2.05, 4.69) is 22.2 Å². The molecule has 1 aromatic rings. The van der Waals surface area contributed by atoms with Crippen LogP contribution >= 0.6 is 12.2 Å². The lowest BCUT2D eigenvalue weighted by molar-refractivity contribution is 0.345. The third-order valence-corrected chi connectivity index (χ3v) is 4.05. The average molecular weight is 281 g/mol. The van der Waals surface area contributed by atoms with Crippen LogP contribution in [-0.4, -0.2) is 45.8 Å². The van der Waals surface area contributed by atoms with Crippen molar-refractivity contribution in [3.05, 3.63) is 11.3 Å². The summed E-state index contributed by atoms with van der Waals surface area (Å²) in [5.74, 6) is 1.63. The lowest BCUT2D eigenvalue weighted by Gasteiger charge is -2.15. The number of hydrogen-bond donors (Lipinski definition) is 2. The Morgan fingerprint density at radius 1 is 1.58 bits per heavy atom. The van der Waals surface area contributed by atoms with Crippen LogP contribution in [0.1, 0.15) is 24.6 Å². The van der Waals surface area contributed by atoms with Crippen molar-refractivity contribution in [2.24, 2.45) is 18.7 Å². The van der Waals surface area contributed by atoms with Crippen LogP contribution in [0.25, 0.3) is 0 Å². The van der Waals surface area contributed by atoms with Crippen LogP contribution < -0.4 is 11.1 Å². The first-order valence-corrected chi connectivity index (χ1v) is 7.23. The molecule has 0 bridgehead atoms. The number of nitrogens with two attached hydrogens (primary N) is 1. The molecule has 0 radical (unpaired) electrons. The number of hydrogen-bond acceptors (Lipinski definition) is 4. The number of aryl methyl sites for hydroxylation is 2. The Labute approximate surface area is 120 Å². The Morgan fingerprint density at radius 3 is 2.89 bits per heavy atom. The van der Waals surface area contributed by atoms with E-state index in [1.54, 1.807) is 0 Å². The first-order chi connectivity index (χ1) is 9.02. The molecule has 19 heavy (non-hydrogen) atoms. The fraction of sp³-hybridized carbons (Fsp3) is 0.692. The average Bonchev–Trinajstić information content (AvgIpc) is 2.90. The quantitative estimate of drug-likeness (QED) is 0.792. The van der Waals surface area contributed by atoms with Gasteiger partial charge in [0.25, 0.3) is 0 Å². The Balaban J connectivity index is 2.02. The lowest BCUT2D eigenvalue weighted by atomic mass is 10.1. The van der Waals surface area contributed by atoms with Crippen LogP contribution in [0.15, 0.2) is 0 Å². The fourth-order valence-electron chi connectivity index (χ4n) is 2.76. The number of aromatic nitrogens is 2. The Hall–Kier alpha value is -1.14. The highest BCUT2D eigenvalue weighted by atomic mass is 32.1. The van der Waals surface area contributed by atoms with E-state index < -0.39 is 0 Å². The molecule has 1 unspecified atom stereocenters. The molecule has 0 amide bonds. The molecular weight excluding hydrogens is 258 g/mol. The van der Waals surface area contributed by atoms with Gasteiger partial charge in [-0.1, -0.05) is 19.1 Å². The van der Waals surface area contributed by atoms with Crippen molar-refractivity contribution in [2.45, 2.75) is 20.3 Å². The van der Waals surface area contributed by atoms with E-state index in [-0.39, 0.29) is 0 Å². The molecule has 1 fully saturated rings. The Morgan fingerprint density at radius 2 is 2.32 bits per heavy atom. The topological polar surface area (TPSA) is 59.1 Å². The van der Waals surface area contributed by atoms with Crippen molar-refractivity contribution in [3.63, 3.8) is 0 Å². The van der Waals surface area contributed by atoms with Crippen LogP contribution in [0, 0.1) is 12.8 Å². The standard InChI is InChI=1S/C13H23N5S/c1-4-18-6-5-10(8-18)7-15-13-11(12(14)19)9(2)16-17(13)3/h10,15H,4-8H2,1-3H3,(H2,14,19). The van der Waals surface area contributed by atoms with Gasteiger partial charge in [-0.2, -0.15) is 5.10 Å². The van der Waals surface area contributed by atoms with Gasteiger partial charge in [0.15, 0.2) is 0 Å². The van der Waals surface area contributed by atoms with Gasteiger partial charge in [-0.3, -0.25) is 4.68 Å². The predicted octanol–water partition coefficient (Wildman–Crippen LogP) is 1.12. The van der Waals surface area contributed by atoms with Gasteiger partial charge in [0.1, 0.15) is 10.8 Å². The van der Waals surface area contributed by atoms with Gasteiger partial charge in [-0.15, -0.1) is 0 Å². The zero-order chi connectivity index (χ0) is 14.0. The third-order valence-electron chi connectivity index (χ3n) is 3.84. The second-order valence-corrected chi connectivity index (χ2v) is 5.67. The van der Waals surface area contributed by atoms with E-state index in [1.165, 1.54) is 19.5 Å². The fourth-order valence-corrected chi connectivity index (χ4v) is 3.01. The summed E-state index contributed by atoms with van der Waals surface area (Å²) in [5.41, 5.74) is 7.55. The molecule has 5 nitrogen and oxygen atoms in total. The molecule has 1 aromatic heterocycles. The maximum Gasteiger partial charge on any atom is 0.134 e. The minimum absolute atomic E-state index is 0.412. The number of likely N-dealkylation sites (tertiary alicyclic amines) is 1. The molecule has 6 heteroatoms. The van der Waals surface area contributed by atoms with Crippen LogP contribution in [0.3, 0.4) is 0 Å². The van der Waals surface area contributed by atoms with Crippen LogP contribution in [0.2, 0.25) is 0 Å². The minimum Gasteiger partial charge on any atom is -0.389 e. The first-order valence-electron chi connectivity index (χ1n) is 6.82. The summed E-state index contributed by atoms with van der Waals surface area (Å²) in [7, 11) is 1.92. The normalized spacial score (nSPS) is 19.8. The molecule has 2 rings (SSSR count). The smallest absolute Gasteiger partial charge is 0.134 e. The molecule has 0 aliphatic carbocycles. The zero-order valence-corrected chi connectivity index (χ0v) is 12.8. The van der Waals surface area contributed by atoms with E-state index in [4.69, 9.17) is 18.0 Å². The Kier molecular flexibility index (Phi) is 4.42. The minimum atomic E-state index is 0.412. The van der Waals surface area contributed by atoms with Crippen LogP contribution in [-0.2, 0) is 7.05 Å². The highest BCUT2D eigenvalue weighted by Crippen LogP contribution is 2.21. The SMILES string of the molecule is CCN1CCC(CNc2c(C(N)=S)c(C)nn2C)C1. The summed E-state index contributed by atoms with van der Waals surface area (Å²) in [6, 6.07) is 0. The van der Waals surface area contributed by atoms with Crippen molar-refractivity contribution in [1.82, 2.24) is 14.7 Å². The summed E-state index contributed by atoms with van der Waals surface area (Å²) >= 11 is 5.11. The van der Waals surface area contributed by atoms with Crippen LogP contribution in [0.4, 0.5) is 5.82 Å². The number of anilines is 1. The lowest BCUT2D eigenvalue weighted by Crippen LogP contribution is -2.23. The zero-order valence-electron chi connectivity index (χ0n) is 11.9. The van der Waals surface area contributed by atoms with E-state index in [0.29, 0.717) is 10.9 Å². The number of rotatable bonds is 5. The van der Waals surface area contributed by atoms with Gasteiger partial charge < -0.3 is 16.0 Å². The predicted molar refractivity (Wildman–Crippen MR) is 82.5 cm³/mol. The van der Waals surface area contributed by atoms with Gasteiger partial charge in [0.2, 0.25) is 0 Å². The van der Waals surface area contributed by atoms with Crippen molar-refractivity contribution in [1.29, 1.82) is 0 Å². The molecule has 0 aromatic carbocycles. The molecule has 1 aliphatic rings. The number of nitrogens with one attached hydrogen (secondary N) is 1. The third kappa shape index (κ3) is 3.06. The van der Waals surface area contributed by atoms with Gasteiger partial charge >= 0.3 is 0 Å². The molecule has 0 saturated carbocycles. The second kappa shape index (κ2) is 5.88. The second-order valence-electron chi connectivity index (χ2n) is 5.23. The number of thiocarbonyl (C=S) groups is 1. The van der Waals surface area contributed by atoms with E-state index in [0.717, 1.165) is 30.2 Å². The van der Waals surface area contributed by atoms with Gasteiger partial charge in [0.05, 0.1) is 11.3 Å². The summed E-state index contributed by atoms with van der Waals surface area (Å²) in [6.07, 6.45) is 1.25. The molecule has 3 N–H and O–H groups in total. The first kappa shape index (κ1) is 14.3. The molecule has 1 aliphatic heterocycles. The molecule has 106 valence electrons. The summed E-state index contributed by atoms with van der Waals surface area (Å²) in [5, 5.41) is 7.86. The van der Waals surface area contributed by atoms with Crippen molar-refractivity contribution < 1.29 is 0 Å². The van der Waals surface area contributed by atoms with Gasteiger partial charge in [-0.25, -0.2) is 0 Å². The van der Waals surface area contributed by atoms with Gasteiger partial charge in [-0.05, 0) is 32.4 Å². The highest BCUT2D eigenvalue weighted by Gasteiger charge is 2.22. The Bertz CT molecular complexity index is 468. The van der Waals surface area contributed by atoms with E-state index in [1.807, 2.05) is 18.7 Å². The summed E-state index contributed by atoms with van der Waals surface area (Å²) in [6.45, 7) is 8.61. The molecule has 1 atom stereocenters. The van der Waals surface area contributed by atoms with Crippen molar-refractivity contribution in [3.8, 4) is 0 Å². The van der Waals surface area contributed by atoms with Crippen molar-refractivity contribution in [2.75, 3.05) is 31.5 Å². The molecule has 1 saturated heterocycles. The molecule has 2 heterocycles.